The number of hydrogen-bond donors (Lipinski definition) is 1. The van der Waals surface area contributed by atoms with Gasteiger partial charge in [-0.2, -0.15) is 0 Å². The quantitative estimate of drug-likeness (QED) is 0.0939. The minimum absolute atomic E-state index is 0. The van der Waals surface area contributed by atoms with Gasteiger partial charge in [-0.3, -0.25) is 9.78 Å². The molecule has 0 amide bonds. The molecular weight excluding hydrogens is 855 g/mol. The van der Waals surface area contributed by atoms with E-state index in [0.717, 1.165) is 64.3 Å². The third kappa shape index (κ3) is 8.49. The molecule has 0 fully saturated rings. The van der Waals surface area contributed by atoms with Gasteiger partial charge in [-0.05, 0) is 101 Å². The van der Waals surface area contributed by atoms with Crippen molar-refractivity contribution in [1.29, 1.82) is 0 Å². The normalized spacial score (nSPS) is 15.3. The van der Waals surface area contributed by atoms with Crippen LogP contribution in [0.1, 0.15) is 131 Å². The van der Waals surface area contributed by atoms with Gasteiger partial charge in [0.2, 0.25) is 0 Å². The molecule has 0 bridgehead atoms. The smallest absolute Gasteiger partial charge is 0.162 e. The van der Waals surface area contributed by atoms with Crippen molar-refractivity contribution < 1.29 is 34.4 Å². The van der Waals surface area contributed by atoms with Gasteiger partial charge in [0.25, 0.3) is 0 Å². The number of ketones is 1. The Morgan fingerprint density at radius 1 is 0.800 bits per heavy atom. The second-order valence-electron chi connectivity index (χ2n) is 17.9. The number of furan rings is 1. The molecule has 4 nitrogen and oxygen atoms in total. The molecule has 1 N–H and O–H groups in total. The van der Waals surface area contributed by atoms with Crippen LogP contribution in [0, 0.1) is 17.9 Å². The number of pyridine rings is 1. The van der Waals surface area contributed by atoms with Crippen molar-refractivity contribution in [1.82, 2.24) is 4.98 Å². The number of rotatable bonds is 8. The fourth-order valence-electron chi connectivity index (χ4n) is 8.39. The van der Waals surface area contributed by atoms with Gasteiger partial charge < -0.3 is 9.52 Å². The first-order valence-electron chi connectivity index (χ1n) is 20.2. The number of carbonyl (C=O) groups is 1. The molecule has 7 rings (SSSR count). The molecule has 293 valence electrons. The summed E-state index contributed by atoms with van der Waals surface area (Å²) < 4.78 is 6.53. The SMILES string of the molecule is CC(C)(C)c1cc(-c2cc3cc4oc5cc6c(cc5c4cc3cn2)C(C)(C)CCC6(C)C)[c-]c2ccccc12.CCC(CC)C(=O)/C=C(\O)C(CC)CC.[Ir]. The van der Waals surface area contributed by atoms with Gasteiger partial charge in [-0.15, -0.1) is 29.1 Å². The molecule has 0 saturated heterocycles. The predicted octanol–water partition coefficient (Wildman–Crippen LogP) is 14.3. The maximum Gasteiger partial charge on any atom is 0.162 e. The Balaban J connectivity index is 0.000000311. The number of hydrogen-bond acceptors (Lipinski definition) is 4. The van der Waals surface area contributed by atoms with Crippen molar-refractivity contribution in [2.24, 2.45) is 11.8 Å². The van der Waals surface area contributed by atoms with Crippen LogP contribution < -0.4 is 0 Å². The van der Waals surface area contributed by atoms with Gasteiger partial charge in [-0.1, -0.05) is 111 Å². The van der Waals surface area contributed by atoms with Gasteiger partial charge in [0.15, 0.2) is 5.78 Å². The standard InChI is InChI=1S/C37H36NO.C13H24O2.Ir/c1-35(2,3)29-16-24(14-22-10-8-9-11-26(22)29)32-17-23-18-33-27(15-25(23)21-38-32)28-19-30-31(20-34(28)39-33)37(6,7)13-12-36(30,4)5;1-5-10(6-2)12(14)9-13(15)11(7-3)8-4;/h8-11,15-21H,12-13H2,1-7H3;9-11,14H,5-8H2,1-4H3;/q-1;;/b;12-9-;. The third-order valence-corrected chi connectivity index (χ3v) is 12.2. The molecule has 0 spiro atoms. The van der Waals surface area contributed by atoms with E-state index < -0.39 is 0 Å². The Hall–Kier alpha value is -3.79. The van der Waals surface area contributed by atoms with E-state index in [9.17, 15) is 9.90 Å². The molecule has 1 aliphatic rings. The first-order valence-corrected chi connectivity index (χ1v) is 20.2. The molecule has 6 aromatic rings. The Bertz CT molecular complexity index is 2360. The van der Waals surface area contributed by atoms with Crippen molar-refractivity contribution in [3.8, 4) is 11.3 Å². The van der Waals surface area contributed by atoms with Crippen molar-refractivity contribution >= 4 is 49.3 Å². The van der Waals surface area contributed by atoms with Crippen molar-refractivity contribution in [2.45, 2.75) is 131 Å². The predicted molar refractivity (Wildman–Crippen MR) is 229 cm³/mol. The number of aromatic nitrogens is 1. The van der Waals surface area contributed by atoms with Crippen LogP contribution in [0.15, 0.2) is 83.1 Å². The Morgan fingerprint density at radius 3 is 2.00 bits per heavy atom. The van der Waals surface area contributed by atoms with Gasteiger partial charge in [-0.25, -0.2) is 0 Å². The molecule has 2 heterocycles. The minimum atomic E-state index is 0. The summed E-state index contributed by atoms with van der Waals surface area (Å²) in [7, 11) is 0. The molecular formula is C50H60IrNO3-. The molecule has 0 saturated carbocycles. The van der Waals surface area contributed by atoms with Crippen LogP contribution in [0.3, 0.4) is 0 Å². The largest absolute Gasteiger partial charge is 0.512 e. The summed E-state index contributed by atoms with van der Waals surface area (Å²) in [5, 5.41) is 16.8. The van der Waals surface area contributed by atoms with E-state index in [1.165, 1.54) is 51.8 Å². The molecule has 5 heteroatoms. The fraction of sp³-hybridized carbons (Fsp3) is 0.440. The first kappa shape index (κ1) is 42.4. The van der Waals surface area contributed by atoms with Crippen LogP contribution in [0.5, 0.6) is 0 Å². The maximum absolute atomic E-state index is 11.7. The number of nitrogens with zero attached hydrogens (tertiary/aromatic N) is 1. The molecule has 1 aliphatic carbocycles. The summed E-state index contributed by atoms with van der Waals surface area (Å²) in [6.45, 7) is 24.4. The van der Waals surface area contributed by atoms with Crippen molar-refractivity contribution in [3.63, 3.8) is 0 Å². The van der Waals surface area contributed by atoms with Crippen molar-refractivity contribution in [2.75, 3.05) is 0 Å². The third-order valence-electron chi connectivity index (χ3n) is 12.2. The van der Waals surface area contributed by atoms with Gasteiger partial charge in [0.05, 0.1) is 5.76 Å². The summed E-state index contributed by atoms with van der Waals surface area (Å²) in [4.78, 5) is 16.6. The molecule has 0 atom stereocenters. The first-order chi connectivity index (χ1) is 25.5. The number of allylic oxidation sites excluding steroid dienone is 2. The molecule has 0 aliphatic heterocycles. The monoisotopic (exact) mass is 915 g/mol. The zero-order valence-corrected chi connectivity index (χ0v) is 37.3. The average molecular weight is 915 g/mol. The second-order valence-corrected chi connectivity index (χ2v) is 17.9. The van der Waals surface area contributed by atoms with Gasteiger partial charge >= 0.3 is 0 Å². The van der Waals surface area contributed by atoms with Crippen LogP contribution in [-0.4, -0.2) is 15.9 Å². The number of aliphatic hydroxyl groups excluding tert-OH is 1. The van der Waals surface area contributed by atoms with E-state index in [-0.39, 0.29) is 59.7 Å². The molecule has 1 radical (unpaired) electrons. The van der Waals surface area contributed by atoms with E-state index in [1.807, 2.05) is 33.9 Å². The summed E-state index contributed by atoms with van der Waals surface area (Å²) >= 11 is 0. The van der Waals surface area contributed by atoms with Crippen LogP contribution in [0.2, 0.25) is 0 Å². The average Bonchev–Trinajstić information content (AvgIpc) is 3.48. The topological polar surface area (TPSA) is 63.3 Å². The fourth-order valence-corrected chi connectivity index (χ4v) is 8.39. The van der Waals surface area contributed by atoms with Crippen LogP contribution in [0.4, 0.5) is 0 Å². The summed E-state index contributed by atoms with van der Waals surface area (Å²) in [5.74, 6) is 0.547. The zero-order valence-electron chi connectivity index (χ0n) is 34.9. The van der Waals surface area contributed by atoms with Gasteiger partial charge in [0.1, 0.15) is 11.2 Å². The van der Waals surface area contributed by atoms with Gasteiger partial charge in [0, 0.05) is 60.7 Å². The zero-order chi connectivity index (χ0) is 39.2. The van der Waals surface area contributed by atoms with Crippen LogP contribution in [-0.2, 0) is 41.1 Å². The molecule has 0 unspecified atom stereocenters. The van der Waals surface area contributed by atoms with E-state index in [1.54, 1.807) is 0 Å². The Kier molecular flexibility index (Phi) is 12.6. The number of fused-ring (bicyclic) bond motifs is 6. The number of carbonyl (C=O) groups excluding carboxylic acids is 1. The van der Waals surface area contributed by atoms with E-state index in [2.05, 4.69) is 115 Å². The Morgan fingerprint density at radius 2 is 1.38 bits per heavy atom. The summed E-state index contributed by atoms with van der Waals surface area (Å²) in [5.41, 5.74) is 8.43. The van der Waals surface area contributed by atoms with Crippen LogP contribution in [0.25, 0.3) is 54.7 Å². The van der Waals surface area contributed by atoms with E-state index in [0.29, 0.717) is 0 Å². The molecule has 4 aromatic carbocycles. The Labute approximate surface area is 342 Å². The number of aliphatic hydroxyl groups is 1. The second kappa shape index (κ2) is 16.4. The number of benzene rings is 4. The summed E-state index contributed by atoms with van der Waals surface area (Å²) in [6, 6.07) is 25.8. The summed E-state index contributed by atoms with van der Waals surface area (Å²) in [6.07, 6.45) is 9.31. The maximum atomic E-state index is 11.7. The molecule has 2 aromatic heterocycles. The van der Waals surface area contributed by atoms with Crippen LogP contribution >= 0.6 is 0 Å². The molecule has 55 heavy (non-hydrogen) atoms. The van der Waals surface area contributed by atoms with E-state index >= 15 is 0 Å². The minimum Gasteiger partial charge on any atom is -0.512 e. The van der Waals surface area contributed by atoms with E-state index in [4.69, 9.17) is 9.40 Å². The van der Waals surface area contributed by atoms with Crippen molar-refractivity contribution in [3.05, 3.63) is 101 Å².